The molecule has 0 fully saturated rings. The number of aromatic nitrogens is 1. The van der Waals surface area contributed by atoms with E-state index in [1.807, 2.05) is 0 Å². The predicted molar refractivity (Wildman–Crippen MR) is 55.1 cm³/mol. The van der Waals surface area contributed by atoms with Crippen LogP contribution < -0.4 is 16.2 Å². The van der Waals surface area contributed by atoms with Gasteiger partial charge in [0, 0.05) is 6.54 Å². The molecule has 14 heavy (non-hydrogen) atoms. The van der Waals surface area contributed by atoms with E-state index in [1.54, 1.807) is 18.2 Å². The van der Waals surface area contributed by atoms with Crippen LogP contribution in [0.25, 0.3) is 0 Å². The van der Waals surface area contributed by atoms with Crippen molar-refractivity contribution in [1.82, 2.24) is 4.98 Å². The molecule has 7 heteroatoms. The molecule has 0 spiro atoms. The molecule has 0 aliphatic carbocycles. The van der Waals surface area contributed by atoms with E-state index in [9.17, 15) is 8.42 Å². The Morgan fingerprint density at radius 1 is 1.43 bits per heavy atom. The van der Waals surface area contributed by atoms with Crippen LogP contribution in [0, 0.1) is 0 Å². The van der Waals surface area contributed by atoms with Crippen LogP contribution in [-0.4, -0.2) is 25.7 Å². The normalized spacial score (nSPS) is 11.2. The van der Waals surface area contributed by atoms with E-state index in [0.29, 0.717) is 11.6 Å². The highest BCUT2D eigenvalue weighted by Crippen LogP contribution is 2.04. The quantitative estimate of drug-likeness (QED) is 0.620. The number of nitrogen functional groups attached to an aromatic ring is 1. The SMILES string of the molecule is Nc1cccc(NCCS(N)(=O)=O)n1. The largest absolute Gasteiger partial charge is 0.384 e. The first-order valence-electron chi connectivity index (χ1n) is 3.94. The average molecular weight is 216 g/mol. The van der Waals surface area contributed by atoms with E-state index in [4.69, 9.17) is 10.9 Å². The van der Waals surface area contributed by atoms with Crippen molar-refractivity contribution in [3.63, 3.8) is 0 Å². The number of anilines is 2. The summed E-state index contributed by atoms with van der Waals surface area (Å²) in [7, 11) is -3.43. The van der Waals surface area contributed by atoms with E-state index in [2.05, 4.69) is 10.3 Å². The minimum atomic E-state index is -3.43. The van der Waals surface area contributed by atoms with Gasteiger partial charge in [-0.1, -0.05) is 6.07 Å². The van der Waals surface area contributed by atoms with Gasteiger partial charge in [-0.3, -0.25) is 0 Å². The Hall–Kier alpha value is -1.34. The zero-order chi connectivity index (χ0) is 10.6. The molecule has 5 N–H and O–H groups in total. The molecule has 0 atom stereocenters. The monoisotopic (exact) mass is 216 g/mol. The Balaban J connectivity index is 2.47. The lowest BCUT2D eigenvalue weighted by atomic mass is 10.4. The highest BCUT2D eigenvalue weighted by Gasteiger charge is 2.01. The molecular weight excluding hydrogens is 204 g/mol. The summed E-state index contributed by atoms with van der Waals surface area (Å²) in [6.07, 6.45) is 0. The summed E-state index contributed by atoms with van der Waals surface area (Å²) in [5, 5.41) is 7.61. The molecule has 0 amide bonds. The second-order valence-corrected chi connectivity index (χ2v) is 4.48. The van der Waals surface area contributed by atoms with E-state index in [1.165, 1.54) is 0 Å². The van der Waals surface area contributed by atoms with Crippen molar-refractivity contribution in [3.8, 4) is 0 Å². The predicted octanol–water partition coefficient (Wildman–Crippen LogP) is -0.636. The minimum absolute atomic E-state index is 0.135. The van der Waals surface area contributed by atoms with Crippen LogP contribution in [0.1, 0.15) is 0 Å². The Morgan fingerprint density at radius 3 is 2.71 bits per heavy atom. The zero-order valence-electron chi connectivity index (χ0n) is 7.47. The van der Waals surface area contributed by atoms with Gasteiger partial charge >= 0.3 is 0 Å². The van der Waals surface area contributed by atoms with E-state index < -0.39 is 10.0 Å². The summed E-state index contributed by atoms with van der Waals surface area (Å²) < 4.78 is 21.2. The average Bonchev–Trinajstić information content (AvgIpc) is 2.01. The van der Waals surface area contributed by atoms with Gasteiger partial charge in [-0.05, 0) is 12.1 Å². The number of sulfonamides is 1. The fourth-order valence-electron chi connectivity index (χ4n) is 0.871. The Kier molecular flexibility index (Phi) is 3.26. The van der Waals surface area contributed by atoms with Gasteiger partial charge in [0.05, 0.1) is 5.75 Å². The number of rotatable bonds is 4. The fourth-order valence-corrected chi connectivity index (χ4v) is 1.26. The summed E-state index contributed by atoms with van der Waals surface area (Å²) in [5.41, 5.74) is 5.42. The van der Waals surface area contributed by atoms with E-state index in [0.717, 1.165) is 0 Å². The Bertz CT molecular complexity index is 404. The first-order chi connectivity index (χ1) is 6.47. The third-order valence-corrected chi connectivity index (χ3v) is 2.24. The van der Waals surface area contributed by atoms with Gasteiger partial charge in [0.2, 0.25) is 10.0 Å². The van der Waals surface area contributed by atoms with Gasteiger partial charge in [0.15, 0.2) is 0 Å². The molecule has 0 aliphatic rings. The lowest BCUT2D eigenvalue weighted by Gasteiger charge is -2.04. The van der Waals surface area contributed by atoms with Crippen molar-refractivity contribution in [1.29, 1.82) is 0 Å². The van der Waals surface area contributed by atoms with Crippen LogP contribution in [0.2, 0.25) is 0 Å². The van der Waals surface area contributed by atoms with Gasteiger partial charge in [-0.15, -0.1) is 0 Å². The van der Waals surface area contributed by atoms with Gasteiger partial charge < -0.3 is 11.1 Å². The van der Waals surface area contributed by atoms with Crippen molar-refractivity contribution >= 4 is 21.7 Å². The van der Waals surface area contributed by atoms with Crippen LogP contribution >= 0.6 is 0 Å². The molecule has 1 aromatic heterocycles. The zero-order valence-corrected chi connectivity index (χ0v) is 8.29. The molecule has 0 aromatic carbocycles. The van der Waals surface area contributed by atoms with Crippen LogP contribution in [0.3, 0.4) is 0 Å². The van der Waals surface area contributed by atoms with Gasteiger partial charge in [-0.25, -0.2) is 18.5 Å². The molecular formula is C7H12N4O2S. The van der Waals surface area contributed by atoms with Crippen molar-refractivity contribution in [2.45, 2.75) is 0 Å². The molecule has 0 bridgehead atoms. The summed E-state index contributed by atoms with van der Waals surface area (Å²) in [4.78, 5) is 3.92. The fraction of sp³-hybridized carbons (Fsp3) is 0.286. The third-order valence-electron chi connectivity index (χ3n) is 1.46. The number of pyridine rings is 1. The van der Waals surface area contributed by atoms with Gasteiger partial charge in [0.1, 0.15) is 11.6 Å². The lowest BCUT2D eigenvalue weighted by Crippen LogP contribution is -2.22. The number of nitrogens with zero attached hydrogens (tertiary/aromatic N) is 1. The van der Waals surface area contributed by atoms with Crippen LogP contribution in [-0.2, 0) is 10.0 Å². The molecule has 78 valence electrons. The van der Waals surface area contributed by atoms with E-state index >= 15 is 0 Å². The molecule has 1 aromatic rings. The van der Waals surface area contributed by atoms with E-state index in [-0.39, 0.29) is 12.3 Å². The van der Waals surface area contributed by atoms with Gasteiger partial charge in [0.25, 0.3) is 0 Å². The Labute approximate surface area is 82.4 Å². The van der Waals surface area contributed by atoms with Crippen molar-refractivity contribution in [2.75, 3.05) is 23.3 Å². The second kappa shape index (κ2) is 4.25. The van der Waals surface area contributed by atoms with Crippen LogP contribution in [0.15, 0.2) is 18.2 Å². The highest BCUT2D eigenvalue weighted by atomic mass is 32.2. The smallest absolute Gasteiger partial charge is 0.210 e. The van der Waals surface area contributed by atoms with Crippen LogP contribution in [0.5, 0.6) is 0 Å². The molecule has 1 heterocycles. The van der Waals surface area contributed by atoms with Gasteiger partial charge in [-0.2, -0.15) is 0 Å². The summed E-state index contributed by atoms with van der Waals surface area (Å²) in [6, 6.07) is 5.06. The molecule has 0 saturated heterocycles. The third kappa shape index (κ3) is 4.06. The first kappa shape index (κ1) is 10.7. The first-order valence-corrected chi connectivity index (χ1v) is 5.66. The molecule has 0 aliphatic heterocycles. The lowest BCUT2D eigenvalue weighted by molar-refractivity contribution is 0.598. The summed E-state index contributed by atoms with van der Waals surface area (Å²) in [5.74, 6) is 0.781. The maximum atomic E-state index is 10.6. The maximum Gasteiger partial charge on any atom is 0.210 e. The minimum Gasteiger partial charge on any atom is -0.384 e. The molecule has 0 radical (unpaired) electrons. The van der Waals surface area contributed by atoms with Crippen molar-refractivity contribution < 1.29 is 8.42 Å². The maximum absolute atomic E-state index is 10.6. The number of nitrogens with two attached hydrogens (primary N) is 2. The molecule has 0 saturated carbocycles. The highest BCUT2D eigenvalue weighted by molar-refractivity contribution is 7.89. The second-order valence-electron chi connectivity index (χ2n) is 2.74. The molecule has 6 nitrogen and oxygen atoms in total. The molecule has 1 rings (SSSR count). The number of hydrogen-bond acceptors (Lipinski definition) is 5. The van der Waals surface area contributed by atoms with Crippen LogP contribution in [0.4, 0.5) is 11.6 Å². The van der Waals surface area contributed by atoms with Crippen molar-refractivity contribution in [3.05, 3.63) is 18.2 Å². The standard InChI is InChI=1S/C7H12N4O2S/c8-6-2-1-3-7(11-6)10-4-5-14(9,12)13/h1-3H,4-5H2,(H3,8,10,11)(H2,9,12,13). The molecule has 0 unspecified atom stereocenters. The summed E-state index contributed by atoms with van der Waals surface area (Å²) in [6.45, 7) is 0.218. The topological polar surface area (TPSA) is 111 Å². The number of nitrogens with one attached hydrogen (secondary N) is 1. The Morgan fingerprint density at radius 2 is 2.14 bits per heavy atom. The number of primary sulfonamides is 1. The number of hydrogen-bond donors (Lipinski definition) is 3. The summed E-state index contributed by atoms with van der Waals surface area (Å²) >= 11 is 0. The van der Waals surface area contributed by atoms with Crippen molar-refractivity contribution in [2.24, 2.45) is 5.14 Å².